The topological polar surface area (TPSA) is 0 Å². The predicted octanol–water partition coefficient (Wildman–Crippen LogP) is 7.99. The van der Waals surface area contributed by atoms with E-state index in [1.165, 1.54) is 29.5 Å². The number of hydrogen-bond acceptors (Lipinski definition) is 0. The molecule has 0 amide bonds. The van der Waals surface area contributed by atoms with Gasteiger partial charge < -0.3 is 0 Å². The summed E-state index contributed by atoms with van der Waals surface area (Å²) in [6, 6.07) is 31.8. The first-order valence-corrected chi connectivity index (χ1v) is 10.7. The van der Waals surface area contributed by atoms with Gasteiger partial charge in [-0.25, -0.2) is 17.9 Å². The zero-order valence-corrected chi connectivity index (χ0v) is 17.3. The molecule has 0 aliphatic heterocycles. The number of hydrogen-bond donors (Lipinski definition) is 0. The minimum Gasteiger partial charge on any atom is -0.237 e. The molecule has 0 aliphatic carbocycles. The van der Waals surface area contributed by atoms with E-state index >= 15 is 0 Å². The van der Waals surface area contributed by atoms with Crippen LogP contribution in [0, 0.1) is 0 Å². The molecule has 0 saturated heterocycles. The van der Waals surface area contributed by atoms with E-state index in [0.717, 1.165) is 6.32 Å². The zero-order chi connectivity index (χ0) is 20.2. The van der Waals surface area contributed by atoms with Gasteiger partial charge in [-0.3, -0.25) is 0 Å². The molecule has 0 spiro atoms. The van der Waals surface area contributed by atoms with Gasteiger partial charge in [0.2, 0.25) is 0 Å². The molecule has 0 bridgehead atoms. The standard InChI is InChI=1S/C28H30B/c1-2-3-22-29(23-19-26-13-7-4-8-14-26,24-20-27-15-9-5-10-16-27)25-21-28-17-11-6-12-18-28/h4-21,23-25H,2-3,22H2,1H3/q-1. The Balaban J connectivity index is 1.98. The molecular weight excluding hydrogens is 347 g/mol. The van der Waals surface area contributed by atoms with Crippen LogP contribution in [0.4, 0.5) is 0 Å². The van der Waals surface area contributed by atoms with Gasteiger partial charge in [0.1, 0.15) is 0 Å². The van der Waals surface area contributed by atoms with Crippen molar-refractivity contribution in [3.63, 3.8) is 0 Å². The van der Waals surface area contributed by atoms with Crippen molar-refractivity contribution in [3.05, 3.63) is 126 Å². The van der Waals surface area contributed by atoms with Crippen molar-refractivity contribution in [1.82, 2.24) is 0 Å². The number of rotatable bonds is 9. The van der Waals surface area contributed by atoms with Crippen molar-refractivity contribution < 1.29 is 0 Å². The summed E-state index contributed by atoms with van der Waals surface area (Å²) in [6.45, 7) is 2.27. The van der Waals surface area contributed by atoms with Crippen molar-refractivity contribution in [3.8, 4) is 0 Å². The van der Waals surface area contributed by atoms with E-state index in [4.69, 9.17) is 0 Å². The third-order valence-corrected chi connectivity index (χ3v) is 5.40. The van der Waals surface area contributed by atoms with Gasteiger partial charge in [-0.05, 0) is 16.7 Å². The van der Waals surface area contributed by atoms with Crippen LogP contribution < -0.4 is 0 Å². The summed E-state index contributed by atoms with van der Waals surface area (Å²) in [5, 5.41) is 0. The average molecular weight is 377 g/mol. The molecule has 0 aromatic heterocycles. The van der Waals surface area contributed by atoms with Gasteiger partial charge in [-0.2, -0.15) is 6.32 Å². The van der Waals surface area contributed by atoms with Crippen LogP contribution in [0.2, 0.25) is 6.32 Å². The molecule has 0 heterocycles. The Morgan fingerprint density at radius 2 is 0.897 bits per heavy atom. The molecule has 0 nitrogen and oxygen atoms in total. The van der Waals surface area contributed by atoms with E-state index in [-0.39, 0.29) is 0 Å². The molecule has 29 heavy (non-hydrogen) atoms. The summed E-state index contributed by atoms with van der Waals surface area (Å²) in [7, 11) is 0. The van der Waals surface area contributed by atoms with Gasteiger partial charge >= 0.3 is 0 Å². The van der Waals surface area contributed by atoms with E-state index in [2.05, 4.69) is 134 Å². The van der Waals surface area contributed by atoms with Crippen LogP contribution in [0.5, 0.6) is 0 Å². The highest BCUT2D eigenvalue weighted by Gasteiger charge is 2.14. The predicted molar refractivity (Wildman–Crippen MR) is 132 cm³/mol. The SMILES string of the molecule is CCCC[B-](C=Cc1ccccc1)(C=Cc1ccccc1)C=Cc1ccccc1. The molecule has 1 heteroatoms. The lowest BCUT2D eigenvalue weighted by molar-refractivity contribution is 0.874. The molecule has 0 radical (unpaired) electrons. The van der Waals surface area contributed by atoms with Crippen LogP contribution in [0.25, 0.3) is 18.2 Å². The summed E-state index contributed by atoms with van der Waals surface area (Å²) in [5.74, 6) is 7.26. The molecule has 0 atom stereocenters. The van der Waals surface area contributed by atoms with E-state index in [0.29, 0.717) is 0 Å². The quantitative estimate of drug-likeness (QED) is 0.331. The van der Waals surface area contributed by atoms with E-state index in [1.54, 1.807) is 0 Å². The largest absolute Gasteiger partial charge is 0.237 e. The molecule has 3 aromatic carbocycles. The molecule has 0 aliphatic rings. The van der Waals surface area contributed by atoms with Crippen LogP contribution in [-0.2, 0) is 0 Å². The van der Waals surface area contributed by atoms with Crippen LogP contribution in [0.15, 0.2) is 109 Å². The van der Waals surface area contributed by atoms with Crippen LogP contribution in [0.3, 0.4) is 0 Å². The third kappa shape index (κ3) is 6.80. The highest BCUT2D eigenvalue weighted by Crippen LogP contribution is 2.23. The fourth-order valence-corrected chi connectivity index (χ4v) is 3.60. The van der Waals surface area contributed by atoms with Gasteiger partial charge in [0.05, 0.1) is 6.15 Å². The molecule has 3 aromatic rings. The highest BCUT2D eigenvalue weighted by atomic mass is 14.0. The Morgan fingerprint density at radius 3 is 1.21 bits per heavy atom. The maximum Gasteiger partial charge on any atom is 0.0587 e. The third-order valence-electron chi connectivity index (χ3n) is 5.40. The normalized spacial score (nSPS) is 14.0. The zero-order valence-electron chi connectivity index (χ0n) is 17.3. The van der Waals surface area contributed by atoms with Gasteiger partial charge in [-0.15, -0.1) is 0 Å². The summed E-state index contributed by atoms with van der Waals surface area (Å²) < 4.78 is 0. The summed E-state index contributed by atoms with van der Waals surface area (Å²) in [4.78, 5) is 0. The highest BCUT2D eigenvalue weighted by molar-refractivity contribution is 6.94. The molecule has 0 unspecified atom stereocenters. The molecule has 0 fully saturated rings. The lowest BCUT2D eigenvalue weighted by atomic mass is 9.22. The Morgan fingerprint density at radius 1 is 0.552 bits per heavy atom. The maximum atomic E-state index is 2.42. The van der Waals surface area contributed by atoms with Gasteiger partial charge in [-0.1, -0.05) is 129 Å². The monoisotopic (exact) mass is 377 g/mol. The van der Waals surface area contributed by atoms with Gasteiger partial charge in [0, 0.05) is 0 Å². The average Bonchev–Trinajstić information content (AvgIpc) is 2.80. The minimum atomic E-state index is -0.928. The van der Waals surface area contributed by atoms with Crippen molar-refractivity contribution >= 4 is 24.4 Å². The molecule has 146 valence electrons. The van der Waals surface area contributed by atoms with Crippen molar-refractivity contribution in [2.45, 2.75) is 26.1 Å². The number of unbranched alkanes of at least 4 members (excludes halogenated alkanes) is 1. The first-order chi connectivity index (χ1) is 14.3. The van der Waals surface area contributed by atoms with E-state index in [9.17, 15) is 0 Å². The van der Waals surface area contributed by atoms with Crippen molar-refractivity contribution in [1.29, 1.82) is 0 Å². The van der Waals surface area contributed by atoms with E-state index in [1.807, 2.05) is 0 Å². The first-order valence-electron chi connectivity index (χ1n) is 10.7. The second-order valence-electron chi connectivity index (χ2n) is 7.74. The van der Waals surface area contributed by atoms with Gasteiger partial charge in [0.15, 0.2) is 0 Å². The Hall–Kier alpha value is -3.06. The Bertz CT molecular complexity index is 801. The molecule has 0 N–H and O–H groups in total. The summed E-state index contributed by atoms with van der Waals surface area (Å²) >= 11 is 0. The van der Waals surface area contributed by atoms with Gasteiger partial charge in [0.25, 0.3) is 0 Å². The maximum absolute atomic E-state index is 2.42. The van der Waals surface area contributed by atoms with Crippen molar-refractivity contribution in [2.24, 2.45) is 0 Å². The minimum absolute atomic E-state index is 0.928. The van der Waals surface area contributed by atoms with Crippen molar-refractivity contribution in [2.75, 3.05) is 0 Å². The molecule has 0 saturated carbocycles. The fraction of sp³-hybridized carbons (Fsp3) is 0.143. The second kappa shape index (κ2) is 11.1. The Kier molecular flexibility index (Phi) is 7.89. The molecule has 3 rings (SSSR count). The van der Waals surface area contributed by atoms with Crippen LogP contribution >= 0.6 is 0 Å². The van der Waals surface area contributed by atoms with Crippen LogP contribution in [-0.4, -0.2) is 6.15 Å². The van der Waals surface area contributed by atoms with E-state index < -0.39 is 6.15 Å². The second-order valence-corrected chi connectivity index (χ2v) is 7.74. The Labute approximate surface area is 176 Å². The summed E-state index contributed by atoms with van der Waals surface area (Å²) in [5.41, 5.74) is 3.74. The smallest absolute Gasteiger partial charge is 0.0587 e. The fourth-order valence-electron chi connectivity index (χ4n) is 3.60. The first kappa shape index (κ1) is 20.7. The lowest BCUT2D eigenvalue weighted by Gasteiger charge is -2.30. The van der Waals surface area contributed by atoms with Crippen LogP contribution in [0.1, 0.15) is 36.5 Å². The molecular formula is C28H30B-. The lowest BCUT2D eigenvalue weighted by Crippen LogP contribution is -2.27. The summed E-state index contributed by atoms with van der Waals surface area (Å²) in [6.07, 6.45) is 9.45. The number of benzene rings is 3.